The molecule has 48 heavy (non-hydrogen) atoms. The van der Waals surface area contributed by atoms with Crippen LogP contribution in [0.4, 0.5) is 11.5 Å². The standard InChI is InChI=1S/C35H32N6O6S/c1-46-23-7-10-27-29(16-23)48-34(38-27)21-4-9-26(36-18-21)20-5-12-30(37-17-20)39-31(42)3-2-14-47-24-6-8-25-22(15-24)19-41(35(25)45)28-11-13-32(43)40-33(28)44/h4-10,12,15-18,28,34,38H,2-3,11,13-14,19H2,1H3,(H,37,39,42)(H,40,43,44). The first kappa shape index (κ1) is 31.2. The molecule has 2 aromatic carbocycles. The van der Waals surface area contributed by atoms with E-state index in [-0.39, 0.29) is 42.5 Å². The van der Waals surface area contributed by atoms with Crippen molar-refractivity contribution in [2.45, 2.75) is 48.5 Å². The Bertz CT molecular complexity index is 1900. The van der Waals surface area contributed by atoms with Crippen LogP contribution in [0.1, 0.15) is 52.5 Å². The van der Waals surface area contributed by atoms with E-state index in [9.17, 15) is 19.2 Å². The SMILES string of the molecule is COc1ccc2c(c1)SC(c1ccc(-c3ccc(NC(=O)CCCOc4ccc5c(c4)CN(C4CCC(=O)NC4=O)C5=O)nc3)nc1)N2. The maximum atomic E-state index is 12.9. The first-order valence-corrected chi connectivity index (χ1v) is 16.5. The number of amides is 4. The normalized spacial score (nSPS) is 18.1. The molecule has 4 amide bonds. The number of ether oxygens (including phenoxy) is 2. The molecule has 3 aliphatic rings. The second-order valence-electron chi connectivity index (χ2n) is 11.6. The minimum absolute atomic E-state index is 0.0617. The fourth-order valence-electron chi connectivity index (χ4n) is 5.91. The number of hydrogen-bond acceptors (Lipinski definition) is 10. The fraction of sp³-hybridized carbons (Fsp3) is 0.257. The number of hydrogen-bond donors (Lipinski definition) is 3. The van der Waals surface area contributed by atoms with Gasteiger partial charge in [-0.25, -0.2) is 4.98 Å². The van der Waals surface area contributed by atoms with Crippen molar-refractivity contribution >= 4 is 46.9 Å². The highest BCUT2D eigenvalue weighted by molar-refractivity contribution is 8.00. The number of benzene rings is 2. The Morgan fingerprint density at radius 3 is 2.67 bits per heavy atom. The molecule has 3 N–H and O–H groups in total. The lowest BCUT2D eigenvalue weighted by molar-refractivity contribution is -0.137. The molecule has 0 aliphatic carbocycles. The summed E-state index contributed by atoms with van der Waals surface area (Å²) in [6.45, 7) is 0.579. The highest BCUT2D eigenvalue weighted by Crippen LogP contribution is 2.47. The zero-order valence-corrected chi connectivity index (χ0v) is 26.8. The number of methoxy groups -OCH3 is 1. The van der Waals surface area contributed by atoms with E-state index in [1.54, 1.807) is 49.3 Å². The third-order valence-corrected chi connectivity index (χ3v) is 9.67. The van der Waals surface area contributed by atoms with Gasteiger partial charge < -0.3 is 25.0 Å². The van der Waals surface area contributed by atoms with E-state index in [0.29, 0.717) is 36.6 Å². The molecule has 2 unspecified atom stereocenters. The lowest BCUT2D eigenvalue weighted by Crippen LogP contribution is -2.52. The van der Waals surface area contributed by atoms with Crippen LogP contribution < -0.4 is 25.4 Å². The molecule has 4 aromatic rings. The summed E-state index contributed by atoms with van der Waals surface area (Å²) in [5, 5.41) is 8.70. The number of carbonyl (C=O) groups excluding carboxylic acids is 4. The van der Waals surface area contributed by atoms with Crippen molar-refractivity contribution < 1.29 is 28.7 Å². The van der Waals surface area contributed by atoms with Crippen LogP contribution in [0.2, 0.25) is 0 Å². The summed E-state index contributed by atoms with van der Waals surface area (Å²) in [7, 11) is 1.66. The van der Waals surface area contributed by atoms with Crippen LogP contribution in [0.15, 0.2) is 78.0 Å². The van der Waals surface area contributed by atoms with Crippen molar-refractivity contribution in [3.8, 4) is 22.8 Å². The number of nitrogens with one attached hydrogen (secondary N) is 3. The van der Waals surface area contributed by atoms with Gasteiger partial charge >= 0.3 is 0 Å². The smallest absolute Gasteiger partial charge is 0.255 e. The summed E-state index contributed by atoms with van der Waals surface area (Å²) in [6, 6.07) is 18.1. The number of rotatable bonds is 10. The average molecular weight is 665 g/mol. The number of anilines is 2. The van der Waals surface area contributed by atoms with Crippen molar-refractivity contribution in [2.24, 2.45) is 0 Å². The van der Waals surface area contributed by atoms with Gasteiger partial charge in [0.2, 0.25) is 17.7 Å². The lowest BCUT2D eigenvalue weighted by Gasteiger charge is -2.29. The number of fused-ring (bicyclic) bond motifs is 2. The largest absolute Gasteiger partial charge is 0.497 e. The van der Waals surface area contributed by atoms with Crippen molar-refractivity contribution in [1.29, 1.82) is 0 Å². The second-order valence-corrected chi connectivity index (χ2v) is 12.8. The van der Waals surface area contributed by atoms with Gasteiger partial charge in [0.05, 0.1) is 19.4 Å². The Labute approximate surface area is 280 Å². The monoisotopic (exact) mass is 664 g/mol. The number of piperidine rings is 1. The molecule has 2 atom stereocenters. The summed E-state index contributed by atoms with van der Waals surface area (Å²) in [4.78, 5) is 60.9. The molecule has 0 radical (unpaired) electrons. The van der Waals surface area contributed by atoms with Crippen LogP contribution in [-0.4, -0.2) is 58.3 Å². The van der Waals surface area contributed by atoms with E-state index in [1.165, 1.54) is 4.90 Å². The Kier molecular flexibility index (Phi) is 8.68. The zero-order valence-electron chi connectivity index (χ0n) is 26.0. The molecule has 5 heterocycles. The maximum Gasteiger partial charge on any atom is 0.255 e. The third kappa shape index (κ3) is 6.54. The van der Waals surface area contributed by atoms with Crippen LogP contribution in [0.3, 0.4) is 0 Å². The predicted octanol–water partition coefficient (Wildman–Crippen LogP) is 4.93. The topological polar surface area (TPSA) is 152 Å². The summed E-state index contributed by atoms with van der Waals surface area (Å²) in [5.41, 5.74) is 5.03. The van der Waals surface area contributed by atoms with Gasteiger partial charge in [-0.2, -0.15) is 0 Å². The summed E-state index contributed by atoms with van der Waals surface area (Å²) in [5.74, 6) is 0.679. The summed E-state index contributed by atoms with van der Waals surface area (Å²) in [6.07, 6.45) is 4.78. The van der Waals surface area contributed by atoms with Crippen molar-refractivity contribution in [1.82, 2.24) is 20.2 Å². The third-order valence-electron chi connectivity index (χ3n) is 8.45. The van der Waals surface area contributed by atoms with Gasteiger partial charge in [0.15, 0.2) is 0 Å². The Morgan fingerprint density at radius 2 is 1.90 bits per heavy atom. The molecule has 244 valence electrons. The van der Waals surface area contributed by atoms with Gasteiger partial charge in [0, 0.05) is 59.1 Å². The quantitative estimate of drug-likeness (QED) is 0.157. The Balaban J connectivity index is 0.859. The van der Waals surface area contributed by atoms with Crippen LogP contribution in [0, 0.1) is 0 Å². The average Bonchev–Trinajstić information content (AvgIpc) is 3.67. The van der Waals surface area contributed by atoms with Crippen LogP contribution in [-0.2, 0) is 20.9 Å². The summed E-state index contributed by atoms with van der Waals surface area (Å²) < 4.78 is 11.2. The van der Waals surface area contributed by atoms with E-state index in [4.69, 9.17) is 9.47 Å². The van der Waals surface area contributed by atoms with E-state index in [2.05, 4.69) is 25.9 Å². The molecule has 0 bridgehead atoms. The lowest BCUT2D eigenvalue weighted by atomic mass is 10.0. The first-order chi connectivity index (χ1) is 23.3. The predicted molar refractivity (Wildman–Crippen MR) is 179 cm³/mol. The number of aromatic nitrogens is 2. The molecule has 1 fully saturated rings. The van der Waals surface area contributed by atoms with Crippen molar-refractivity contribution in [3.63, 3.8) is 0 Å². The highest BCUT2D eigenvalue weighted by atomic mass is 32.2. The van der Waals surface area contributed by atoms with Gasteiger partial charge in [0.25, 0.3) is 5.91 Å². The zero-order chi connectivity index (χ0) is 33.2. The molecule has 0 spiro atoms. The summed E-state index contributed by atoms with van der Waals surface area (Å²) >= 11 is 1.72. The molecular weight excluding hydrogens is 632 g/mol. The highest BCUT2D eigenvalue weighted by Gasteiger charge is 2.39. The fourth-order valence-corrected chi connectivity index (χ4v) is 7.07. The minimum atomic E-state index is -0.664. The van der Waals surface area contributed by atoms with Gasteiger partial charge in [-0.1, -0.05) is 17.8 Å². The van der Waals surface area contributed by atoms with E-state index in [0.717, 1.165) is 38.7 Å². The second kappa shape index (κ2) is 13.4. The number of pyridine rings is 2. The van der Waals surface area contributed by atoms with Crippen molar-refractivity contribution in [3.05, 3.63) is 89.7 Å². The van der Waals surface area contributed by atoms with Gasteiger partial charge in [-0.3, -0.25) is 29.5 Å². The van der Waals surface area contributed by atoms with Gasteiger partial charge in [0.1, 0.15) is 28.7 Å². The number of carbonyl (C=O) groups is 4. The Morgan fingerprint density at radius 1 is 1.02 bits per heavy atom. The Hall–Kier alpha value is -5.43. The molecule has 2 aromatic heterocycles. The number of nitrogens with zero attached hydrogens (tertiary/aromatic N) is 3. The maximum absolute atomic E-state index is 12.9. The number of imide groups is 1. The molecular formula is C35H32N6O6S. The van der Waals surface area contributed by atoms with Crippen LogP contribution in [0.25, 0.3) is 11.3 Å². The molecule has 1 saturated heterocycles. The van der Waals surface area contributed by atoms with Crippen LogP contribution >= 0.6 is 11.8 Å². The van der Waals surface area contributed by atoms with Gasteiger partial charge in [-0.15, -0.1) is 0 Å². The molecule has 0 saturated carbocycles. The molecule has 7 rings (SSSR count). The van der Waals surface area contributed by atoms with E-state index >= 15 is 0 Å². The van der Waals surface area contributed by atoms with E-state index < -0.39 is 11.9 Å². The van der Waals surface area contributed by atoms with E-state index in [1.807, 2.05) is 42.6 Å². The molecule has 12 nitrogen and oxygen atoms in total. The van der Waals surface area contributed by atoms with Gasteiger partial charge in [-0.05, 0) is 73.0 Å². The minimum Gasteiger partial charge on any atom is -0.497 e. The van der Waals surface area contributed by atoms with Crippen molar-refractivity contribution in [2.75, 3.05) is 24.4 Å². The molecule has 13 heteroatoms. The van der Waals surface area contributed by atoms with Crippen LogP contribution in [0.5, 0.6) is 11.5 Å². The first-order valence-electron chi connectivity index (χ1n) is 15.6. The number of thioether (sulfide) groups is 1. The molecule has 3 aliphatic heterocycles.